The van der Waals surface area contributed by atoms with Gasteiger partial charge in [-0.1, -0.05) is 6.92 Å². The minimum Gasteiger partial charge on any atom is -0.444 e. The average molecular weight is 265 g/mol. The number of oxazole rings is 1. The van der Waals surface area contributed by atoms with Gasteiger partial charge in [-0.25, -0.2) is 4.98 Å². The van der Waals surface area contributed by atoms with Gasteiger partial charge in [-0.15, -0.1) is 0 Å². The maximum absolute atomic E-state index is 5.60. The van der Waals surface area contributed by atoms with Crippen LogP contribution >= 0.6 is 0 Å². The van der Waals surface area contributed by atoms with Crippen LogP contribution in [0.1, 0.15) is 44.0 Å². The van der Waals surface area contributed by atoms with Gasteiger partial charge < -0.3 is 14.6 Å². The SMILES string of the molecule is CCN1CCC(C(C)NCc2nc(C)c(C)o2)CC1. The van der Waals surface area contributed by atoms with E-state index in [9.17, 15) is 0 Å². The van der Waals surface area contributed by atoms with Crippen molar-refractivity contribution in [3.05, 3.63) is 17.3 Å². The maximum atomic E-state index is 5.60. The number of piperidine rings is 1. The molecule has 1 aliphatic rings. The minimum absolute atomic E-state index is 0.534. The highest BCUT2D eigenvalue weighted by molar-refractivity contribution is 5.05. The fourth-order valence-corrected chi connectivity index (χ4v) is 2.80. The Labute approximate surface area is 116 Å². The van der Waals surface area contributed by atoms with Crippen molar-refractivity contribution in [3.8, 4) is 0 Å². The fraction of sp³-hybridized carbons (Fsp3) is 0.800. The van der Waals surface area contributed by atoms with E-state index in [0.717, 1.165) is 29.8 Å². The number of likely N-dealkylation sites (tertiary alicyclic amines) is 1. The van der Waals surface area contributed by atoms with Gasteiger partial charge in [0.1, 0.15) is 5.76 Å². The fourth-order valence-electron chi connectivity index (χ4n) is 2.80. The molecular weight excluding hydrogens is 238 g/mol. The third kappa shape index (κ3) is 3.80. The Hall–Kier alpha value is -0.870. The summed E-state index contributed by atoms with van der Waals surface area (Å²) in [7, 11) is 0. The van der Waals surface area contributed by atoms with Crippen LogP contribution in [0.3, 0.4) is 0 Å². The molecule has 108 valence electrons. The van der Waals surface area contributed by atoms with Crippen molar-refractivity contribution >= 4 is 0 Å². The summed E-state index contributed by atoms with van der Waals surface area (Å²) in [4.78, 5) is 6.95. The molecule has 1 fully saturated rings. The number of nitrogens with one attached hydrogen (secondary N) is 1. The zero-order valence-corrected chi connectivity index (χ0v) is 12.7. The van der Waals surface area contributed by atoms with Gasteiger partial charge in [-0.05, 0) is 59.2 Å². The summed E-state index contributed by atoms with van der Waals surface area (Å²) in [5.41, 5.74) is 1.00. The molecular formula is C15H27N3O. The van der Waals surface area contributed by atoms with Crippen molar-refractivity contribution in [3.63, 3.8) is 0 Å². The summed E-state index contributed by atoms with van der Waals surface area (Å²) in [6, 6.07) is 0.534. The van der Waals surface area contributed by atoms with Gasteiger partial charge in [0.2, 0.25) is 5.89 Å². The molecule has 1 unspecified atom stereocenters. The first-order valence-corrected chi connectivity index (χ1v) is 7.48. The molecule has 0 radical (unpaired) electrons. The Morgan fingerprint density at radius 1 is 1.37 bits per heavy atom. The molecule has 4 nitrogen and oxygen atoms in total. The lowest BCUT2D eigenvalue weighted by atomic mass is 9.90. The average Bonchev–Trinajstić information content (AvgIpc) is 2.75. The highest BCUT2D eigenvalue weighted by atomic mass is 16.4. The van der Waals surface area contributed by atoms with Gasteiger partial charge >= 0.3 is 0 Å². The van der Waals surface area contributed by atoms with Gasteiger partial charge in [0, 0.05) is 6.04 Å². The molecule has 1 aromatic heterocycles. The summed E-state index contributed by atoms with van der Waals surface area (Å²) in [6.45, 7) is 12.9. The van der Waals surface area contributed by atoms with Crippen molar-refractivity contribution < 1.29 is 4.42 Å². The molecule has 0 spiro atoms. The van der Waals surface area contributed by atoms with Crippen LogP contribution in [0, 0.1) is 19.8 Å². The van der Waals surface area contributed by atoms with E-state index >= 15 is 0 Å². The van der Waals surface area contributed by atoms with Crippen molar-refractivity contribution in [2.75, 3.05) is 19.6 Å². The van der Waals surface area contributed by atoms with E-state index in [4.69, 9.17) is 4.42 Å². The van der Waals surface area contributed by atoms with E-state index in [0.29, 0.717) is 6.04 Å². The number of aromatic nitrogens is 1. The highest BCUT2D eigenvalue weighted by Crippen LogP contribution is 2.20. The molecule has 1 aliphatic heterocycles. The Morgan fingerprint density at radius 3 is 2.58 bits per heavy atom. The lowest BCUT2D eigenvalue weighted by Gasteiger charge is -2.34. The molecule has 1 saturated heterocycles. The Bertz CT molecular complexity index is 375. The van der Waals surface area contributed by atoms with Crippen molar-refractivity contribution in [1.29, 1.82) is 0 Å². The van der Waals surface area contributed by atoms with Gasteiger partial charge in [0.25, 0.3) is 0 Å². The zero-order chi connectivity index (χ0) is 13.8. The van der Waals surface area contributed by atoms with E-state index in [-0.39, 0.29) is 0 Å². The highest BCUT2D eigenvalue weighted by Gasteiger charge is 2.23. The molecule has 0 saturated carbocycles. The molecule has 0 aliphatic carbocycles. The molecule has 4 heteroatoms. The first kappa shape index (κ1) is 14.5. The molecule has 1 aromatic rings. The van der Waals surface area contributed by atoms with Crippen LogP contribution in [0.5, 0.6) is 0 Å². The molecule has 2 heterocycles. The minimum atomic E-state index is 0.534. The Balaban J connectivity index is 1.77. The number of hydrogen-bond donors (Lipinski definition) is 1. The number of aryl methyl sites for hydroxylation is 2. The van der Waals surface area contributed by atoms with Crippen molar-refractivity contribution in [2.45, 2.75) is 53.1 Å². The monoisotopic (exact) mass is 265 g/mol. The van der Waals surface area contributed by atoms with Crippen LogP contribution in [0.15, 0.2) is 4.42 Å². The van der Waals surface area contributed by atoms with Gasteiger partial charge in [-0.2, -0.15) is 0 Å². The van der Waals surface area contributed by atoms with Crippen LogP contribution in [-0.2, 0) is 6.54 Å². The molecule has 0 aromatic carbocycles. The van der Waals surface area contributed by atoms with Crippen LogP contribution in [-0.4, -0.2) is 35.6 Å². The third-order valence-electron chi connectivity index (χ3n) is 4.43. The van der Waals surface area contributed by atoms with Crippen LogP contribution < -0.4 is 5.32 Å². The van der Waals surface area contributed by atoms with E-state index in [1.54, 1.807) is 0 Å². The van der Waals surface area contributed by atoms with E-state index in [2.05, 4.69) is 29.0 Å². The third-order valence-corrected chi connectivity index (χ3v) is 4.43. The number of nitrogens with zero attached hydrogens (tertiary/aromatic N) is 2. The molecule has 1 atom stereocenters. The standard InChI is InChI=1S/C15H27N3O/c1-5-18-8-6-14(7-9-18)12(3)16-10-15-17-11(2)13(4)19-15/h12,14,16H,5-10H2,1-4H3. The molecule has 0 bridgehead atoms. The predicted octanol–water partition coefficient (Wildman–Crippen LogP) is 2.50. The van der Waals surface area contributed by atoms with Crippen molar-refractivity contribution in [2.24, 2.45) is 5.92 Å². The van der Waals surface area contributed by atoms with E-state index < -0.39 is 0 Å². The normalized spacial score (nSPS) is 19.8. The summed E-state index contributed by atoms with van der Waals surface area (Å²) >= 11 is 0. The molecule has 0 amide bonds. The molecule has 1 N–H and O–H groups in total. The lowest BCUT2D eigenvalue weighted by molar-refractivity contribution is 0.167. The van der Waals surface area contributed by atoms with E-state index in [1.165, 1.54) is 32.5 Å². The van der Waals surface area contributed by atoms with Crippen LogP contribution in [0.2, 0.25) is 0 Å². The second-order valence-electron chi connectivity index (χ2n) is 5.69. The smallest absolute Gasteiger partial charge is 0.208 e. The summed E-state index contributed by atoms with van der Waals surface area (Å²) < 4.78 is 5.60. The maximum Gasteiger partial charge on any atom is 0.208 e. The number of rotatable bonds is 5. The molecule has 2 rings (SSSR count). The lowest BCUT2D eigenvalue weighted by Crippen LogP contribution is -2.41. The van der Waals surface area contributed by atoms with Gasteiger partial charge in [-0.3, -0.25) is 0 Å². The molecule has 19 heavy (non-hydrogen) atoms. The van der Waals surface area contributed by atoms with Gasteiger partial charge in [0.15, 0.2) is 0 Å². The topological polar surface area (TPSA) is 41.3 Å². The Kier molecular flexibility index (Phi) is 4.99. The van der Waals surface area contributed by atoms with Crippen molar-refractivity contribution in [1.82, 2.24) is 15.2 Å². The van der Waals surface area contributed by atoms with Crippen LogP contribution in [0.25, 0.3) is 0 Å². The second kappa shape index (κ2) is 6.53. The summed E-state index contributed by atoms with van der Waals surface area (Å²) in [6.07, 6.45) is 2.59. The number of hydrogen-bond acceptors (Lipinski definition) is 4. The zero-order valence-electron chi connectivity index (χ0n) is 12.7. The largest absolute Gasteiger partial charge is 0.444 e. The van der Waals surface area contributed by atoms with Gasteiger partial charge in [0.05, 0.1) is 12.2 Å². The summed E-state index contributed by atoms with van der Waals surface area (Å²) in [5, 5.41) is 3.57. The summed E-state index contributed by atoms with van der Waals surface area (Å²) in [5.74, 6) is 2.52. The first-order valence-electron chi connectivity index (χ1n) is 7.48. The van der Waals surface area contributed by atoms with E-state index in [1.807, 2.05) is 13.8 Å². The first-order chi connectivity index (χ1) is 9.10. The second-order valence-corrected chi connectivity index (χ2v) is 5.69. The quantitative estimate of drug-likeness (QED) is 0.888. The Morgan fingerprint density at radius 2 is 2.05 bits per heavy atom. The van der Waals surface area contributed by atoms with Crippen LogP contribution in [0.4, 0.5) is 0 Å². The predicted molar refractivity (Wildman–Crippen MR) is 77.1 cm³/mol.